The van der Waals surface area contributed by atoms with Crippen LogP contribution in [0.3, 0.4) is 0 Å². The molecule has 3 nitrogen and oxygen atoms in total. The molecule has 4 rings (SSSR count). The van der Waals surface area contributed by atoms with Crippen LogP contribution in [0.5, 0.6) is 0 Å². The van der Waals surface area contributed by atoms with Crippen molar-refractivity contribution >= 4 is 0 Å². The molecule has 26 heavy (non-hydrogen) atoms. The SMILES string of the molecule is CCc1cccc(CNCc2cc3c(c(-c4ccccc4)n2)COC3)c1. The molecule has 0 unspecified atom stereocenters. The van der Waals surface area contributed by atoms with Crippen LogP contribution < -0.4 is 5.32 Å². The monoisotopic (exact) mass is 344 g/mol. The minimum atomic E-state index is 0.657. The van der Waals surface area contributed by atoms with Gasteiger partial charge in [0.15, 0.2) is 0 Å². The Balaban J connectivity index is 1.52. The zero-order valence-electron chi connectivity index (χ0n) is 15.2. The standard InChI is InChI=1S/C23H24N2O/c1-2-17-7-6-8-18(11-17)13-24-14-21-12-20-15-26-16-22(20)23(25-21)19-9-4-3-5-10-19/h3-12,24H,2,13-16H2,1H3. The molecule has 0 aliphatic carbocycles. The smallest absolute Gasteiger partial charge is 0.0764 e. The molecule has 0 bridgehead atoms. The highest BCUT2D eigenvalue weighted by Gasteiger charge is 2.19. The molecule has 2 aromatic carbocycles. The first-order chi connectivity index (χ1) is 12.8. The highest BCUT2D eigenvalue weighted by atomic mass is 16.5. The second kappa shape index (κ2) is 7.81. The van der Waals surface area contributed by atoms with E-state index in [1.54, 1.807) is 0 Å². The average Bonchev–Trinajstić information content (AvgIpc) is 3.17. The maximum absolute atomic E-state index is 5.67. The van der Waals surface area contributed by atoms with Crippen LogP contribution in [0.25, 0.3) is 11.3 Å². The maximum Gasteiger partial charge on any atom is 0.0764 e. The van der Waals surface area contributed by atoms with Crippen molar-refractivity contribution in [3.05, 3.63) is 88.6 Å². The third-order valence-corrected chi connectivity index (χ3v) is 4.86. The number of hydrogen-bond acceptors (Lipinski definition) is 3. The molecule has 3 aromatic rings. The molecule has 0 fully saturated rings. The number of hydrogen-bond donors (Lipinski definition) is 1. The van der Waals surface area contributed by atoms with E-state index in [2.05, 4.69) is 66.8 Å². The Labute approximate surface area is 155 Å². The van der Waals surface area contributed by atoms with Crippen LogP contribution in [0.15, 0.2) is 60.7 Å². The van der Waals surface area contributed by atoms with E-state index in [4.69, 9.17) is 9.72 Å². The summed E-state index contributed by atoms with van der Waals surface area (Å²) in [6, 6.07) is 21.3. The molecular weight excluding hydrogens is 320 g/mol. The number of nitrogens with zero attached hydrogens (tertiary/aromatic N) is 1. The molecule has 0 saturated heterocycles. The van der Waals surface area contributed by atoms with E-state index >= 15 is 0 Å². The summed E-state index contributed by atoms with van der Waals surface area (Å²) in [7, 11) is 0. The van der Waals surface area contributed by atoms with Gasteiger partial charge in [0.2, 0.25) is 0 Å². The second-order valence-electron chi connectivity index (χ2n) is 6.74. The van der Waals surface area contributed by atoms with Gasteiger partial charge in [-0.1, -0.05) is 61.5 Å². The fourth-order valence-electron chi connectivity index (χ4n) is 3.46. The summed E-state index contributed by atoms with van der Waals surface area (Å²) >= 11 is 0. The molecule has 0 radical (unpaired) electrons. The fraction of sp³-hybridized carbons (Fsp3) is 0.261. The van der Waals surface area contributed by atoms with Gasteiger partial charge in [0.25, 0.3) is 0 Å². The van der Waals surface area contributed by atoms with E-state index in [0.29, 0.717) is 13.2 Å². The van der Waals surface area contributed by atoms with Gasteiger partial charge >= 0.3 is 0 Å². The predicted molar refractivity (Wildman–Crippen MR) is 105 cm³/mol. The van der Waals surface area contributed by atoms with Crippen LogP contribution in [0.1, 0.15) is 34.9 Å². The van der Waals surface area contributed by atoms with Crippen molar-refractivity contribution in [3.63, 3.8) is 0 Å². The lowest BCUT2D eigenvalue weighted by atomic mass is 10.0. The van der Waals surface area contributed by atoms with Crippen molar-refractivity contribution < 1.29 is 4.74 Å². The maximum atomic E-state index is 5.67. The van der Waals surface area contributed by atoms with Gasteiger partial charge < -0.3 is 10.1 Å². The second-order valence-corrected chi connectivity index (χ2v) is 6.74. The first-order valence-corrected chi connectivity index (χ1v) is 9.27. The minimum Gasteiger partial charge on any atom is -0.372 e. The highest BCUT2D eigenvalue weighted by Crippen LogP contribution is 2.30. The highest BCUT2D eigenvalue weighted by molar-refractivity contribution is 5.65. The zero-order valence-corrected chi connectivity index (χ0v) is 15.2. The van der Waals surface area contributed by atoms with Crippen molar-refractivity contribution in [3.8, 4) is 11.3 Å². The molecular formula is C23H24N2O. The molecule has 0 atom stereocenters. The number of pyridine rings is 1. The Morgan fingerprint density at radius 2 is 1.77 bits per heavy atom. The van der Waals surface area contributed by atoms with Gasteiger partial charge in [-0.25, -0.2) is 0 Å². The van der Waals surface area contributed by atoms with E-state index in [9.17, 15) is 0 Å². The summed E-state index contributed by atoms with van der Waals surface area (Å²) in [6.45, 7) is 5.13. The molecule has 132 valence electrons. The molecule has 2 heterocycles. The van der Waals surface area contributed by atoms with Crippen molar-refractivity contribution in [2.45, 2.75) is 39.6 Å². The lowest BCUT2D eigenvalue weighted by Gasteiger charge is -2.11. The van der Waals surface area contributed by atoms with Gasteiger partial charge in [-0.15, -0.1) is 0 Å². The molecule has 1 aliphatic rings. The number of fused-ring (bicyclic) bond motifs is 1. The summed E-state index contributed by atoms with van der Waals surface area (Å²) < 4.78 is 5.67. The van der Waals surface area contributed by atoms with Gasteiger partial charge in [-0.05, 0) is 29.2 Å². The molecule has 1 aromatic heterocycles. The van der Waals surface area contributed by atoms with Crippen LogP contribution in [0.2, 0.25) is 0 Å². The van der Waals surface area contributed by atoms with Crippen LogP contribution >= 0.6 is 0 Å². The molecule has 0 spiro atoms. The number of aryl methyl sites for hydroxylation is 1. The predicted octanol–water partition coefficient (Wildman–Crippen LogP) is 4.63. The normalized spacial score (nSPS) is 13.0. The molecule has 1 aliphatic heterocycles. The number of benzene rings is 2. The van der Waals surface area contributed by atoms with Crippen molar-refractivity contribution in [2.24, 2.45) is 0 Å². The lowest BCUT2D eigenvalue weighted by molar-refractivity contribution is 0.134. The van der Waals surface area contributed by atoms with Crippen LogP contribution in [0, 0.1) is 0 Å². The van der Waals surface area contributed by atoms with Gasteiger partial charge in [0, 0.05) is 24.2 Å². The lowest BCUT2D eigenvalue weighted by Crippen LogP contribution is -2.14. The first-order valence-electron chi connectivity index (χ1n) is 9.27. The summed E-state index contributed by atoms with van der Waals surface area (Å²) in [5, 5.41) is 3.54. The summed E-state index contributed by atoms with van der Waals surface area (Å²) in [5.74, 6) is 0. The number of ether oxygens (including phenoxy) is 1. The third-order valence-electron chi connectivity index (χ3n) is 4.86. The van der Waals surface area contributed by atoms with E-state index in [-0.39, 0.29) is 0 Å². The van der Waals surface area contributed by atoms with E-state index in [1.807, 2.05) is 6.07 Å². The Morgan fingerprint density at radius 3 is 2.62 bits per heavy atom. The van der Waals surface area contributed by atoms with Crippen LogP contribution in [-0.4, -0.2) is 4.98 Å². The van der Waals surface area contributed by atoms with E-state index in [0.717, 1.165) is 36.5 Å². The number of rotatable bonds is 6. The van der Waals surface area contributed by atoms with Crippen molar-refractivity contribution in [2.75, 3.05) is 0 Å². The van der Waals surface area contributed by atoms with Gasteiger partial charge in [0.1, 0.15) is 0 Å². The van der Waals surface area contributed by atoms with Gasteiger partial charge in [0.05, 0.1) is 24.6 Å². The Morgan fingerprint density at radius 1 is 0.923 bits per heavy atom. The Kier molecular flexibility index (Phi) is 5.09. The molecule has 0 amide bonds. The fourth-order valence-corrected chi connectivity index (χ4v) is 3.46. The topological polar surface area (TPSA) is 34.2 Å². The van der Waals surface area contributed by atoms with Gasteiger partial charge in [-0.3, -0.25) is 4.98 Å². The first kappa shape index (κ1) is 17.0. The number of aromatic nitrogens is 1. The average molecular weight is 344 g/mol. The zero-order chi connectivity index (χ0) is 17.8. The summed E-state index contributed by atoms with van der Waals surface area (Å²) in [4.78, 5) is 4.94. The van der Waals surface area contributed by atoms with Crippen LogP contribution in [0.4, 0.5) is 0 Å². The summed E-state index contributed by atoms with van der Waals surface area (Å²) in [6.07, 6.45) is 1.07. The van der Waals surface area contributed by atoms with Crippen molar-refractivity contribution in [1.29, 1.82) is 0 Å². The summed E-state index contributed by atoms with van der Waals surface area (Å²) in [5.41, 5.74) is 8.48. The van der Waals surface area contributed by atoms with Crippen molar-refractivity contribution in [1.82, 2.24) is 10.3 Å². The largest absolute Gasteiger partial charge is 0.372 e. The van der Waals surface area contributed by atoms with E-state index < -0.39 is 0 Å². The third kappa shape index (κ3) is 3.69. The Bertz CT molecular complexity index is 890. The van der Waals surface area contributed by atoms with Gasteiger partial charge in [-0.2, -0.15) is 0 Å². The quantitative estimate of drug-likeness (QED) is 0.708. The van der Waals surface area contributed by atoms with E-state index in [1.165, 1.54) is 22.3 Å². The molecule has 1 N–H and O–H groups in total. The number of nitrogens with one attached hydrogen (secondary N) is 1. The minimum absolute atomic E-state index is 0.657. The molecule has 3 heteroatoms. The molecule has 0 saturated carbocycles. The Hall–Kier alpha value is -2.49. The van der Waals surface area contributed by atoms with Crippen LogP contribution in [-0.2, 0) is 37.5 Å².